The monoisotopic (exact) mass is 203 g/mol. The van der Waals surface area contributed by atoms with Gasteiger partial charge in [0.15, 0.2) is 0 Å². The second-order valence-corrected chi connectivity index (χ2v) is 3.25. The van der Waals surface area contributed by atoms with Crippen LogP contribution in [0.15, 0.2) is 0 Å². The Kier molecular flexibility index (Phi) is 5.62. The second kappa shape index (κ2) is 6.20. The first-order chi connectivity index (χ1) is 6.49. The van der Waals surface area contributed by atoms with Crippen molar-refractivity contribution in [3.05, 3.63) is 0 Å². The van der Waals surface area contributed by atoms with Gasteiger partial charge >= 0.3 is 12.0 Å². The molecular weight excluding hydrogens is 186 g/mol. The van der Waals surface area contributed by atoms with E-state index in [9.17, 15) is 9.59 Å². The van der Waals surface area contributed by atoms with E-state index in [0.717, 1.165) is 0 Å². The summed E-state index contributed by atoms with van der Waals surface area (Å²) < 4.78 is 0. The molecule has 2 amide bonds. The highest BCUT2D eigenvalue weighted by atomic mass is 16.4. The molecule has 0 aromatic heterocycles. The average molecular weight is 203 g/mol. The van der Waals surface area contributed by atoms with E-state index in [1.165, 1.54) is 0 Å². The SMILES string of the molecule is CC(C)[C@@H](NC(=O)NCCN)C(=O)O. The molecule has 6 nitrogen and oxygen atoms in total. The van der Waals surface area contributed by atoms with Crippen LogP contribution in [0.25, 0.3) is 0 Å². The zero-order chi connectivity index (χ0) is 11.1. The highest BCUT2D eigenvalue weighted by Crippen LogP contribution is 2.00. The predicted molar refractivity (Wildman–Crippen MR) is 51.9 cm³/mol. The molecule has 0 saturated carbocycles. The van der Waals surface area contributed by atoms with Crippen LogP contribution < -0.4 is 16.4 Å². The van der Waals surface area contributed by atoms with E-state index in [1.807, 2.05) is 0 Å². The average Bonchev–Trinajstić information content (AvgIpc) is 2.09. The molecule has 5 N–H and O–H groups in total. The Labute approximate surface area is 82.9 Å². The standard InChI is InChI=1S/C8H17N3O3/c1-5(2)6(7(12)13)11-8(14)10-4-3-9/h5-6H,3-4,9H2,1-2H3,(H,12,13)(H2,10,11,14)/t6-/m1/s1. The fourth-order valence-electron chi connectivity index (χ4n) is 0.892. The van der Waals surface area contributed by atoms with Crippen LogP contribution in [0, 0.1) is 5.92 Å². The molecule has 0 radical (unpaired) electrons. The summed E-state index contributed by atoms with van der Waals surface area (Å²) >= 11 is 0. The maximum atomic E-state index is 11.1. The third-order valence-electron chi connectivity index (χ3n) is 1.65. The Morgan fingerprint density at radius 3 is 2.36 bits per heavy atom. The van der Waals surface area contributed by atoms with Crippen molar-refractivity contribution in [3.63, 3.8) is 0 Å². The van der Waals surface area contributed by atoms with Gasteiger partial charge in [-0.15, -0.1) is 0 Å². The Hall–Kier alpha value is -1.30. The van der Waals surface area contributed by atoms with Crippen molar-refractivity contribution in [2.24, 2.45) is 11.7 Å². The van der Waals surface area contributed by atoms with Crippen LogP contribution >= 0.6 is 0 Å². The van der Waals surface area contributed by atoms with Crippen molar-refractivity contribution in [3.8, 4) is 0 Å². The number of rotatable bonds is 5. The first-order valence-electron chi connectivity index (χ1n) is 4.46. The van der Waals surface area contributed by atoms with Gasteiger partial charge in [-0.25, -0.2) is 9.59 Å². The molecule has 0 aliphatic carbocycles. The maximum Gasteiger partial charge on any atom is 0.326 e. The highest BCUT2D eigenvalue weighted by Gasteiger charge is 2.22. The van der Waals surface area contributed by atoms with E-state index in [1.54, 1.807) is 13.8 Å². The summed E-state index contributed by atoms with van der Waals surface area (Å²) in [6.45, 7) is 4.10. The van der Waals surface area contributed by atoms with Gasteiger partial charge in [-0.2, -0.15) is 0 Å². The van der Waals surface area contributed by atoms with E-state index >= 15 is 0 Å². The molecular formula is C8H17N3O3. The van der Waals surface area contributed by atoms with Crippen LogP contribution in [-0.4, -0.2) is 36.2 Å². The number of aliphatic carboxylic acids is 1. The molecule has 1 atom stereocenters. The van der Waals surface area contributed by atoms with Crippen molar-refractivity contribution in [2.45, 2.75) is 19.9 Å². The molecule has 0 aromatic carbocycles. The van der Waals surface area contributed by atoms with Gasteiger partial charge in [0, 0.05) is 13.1 Å². The lowest BCUT2D eigenvalue weighted by atomic mass is 10.1. The first-order valence-corrected chi connectivity index (χ1v) is 4.46. The largest absolute Gasteiger partial charge is 0.480 e. The predicted octanol–water partition coefficient (Wildman–Crippen LogP) is -0.646. The summed E-state index contributed by atoms with van der Waals surface area (Å²) in [4.78, 5) is 21.8. The third-order valence-corrected chi connectivity index (χ3v) is 1.65. The number of hydrogen-bond donors (Lipinski definition) is 4. The van der Waals surface area contributed by atoms with Crippen LogP contribution in [0.2, 0.25) is 0 Å². The molecule has 0 aromatic rings. The first kappa shape index (κ1) is 12.7. The van der Waals surface area contributed by atoms with Crippen LogP contribution in [0.3, 0.4) is 0 Å². The molecule has 0 saturated heterocycles. The highest BCUT2D eigenvalue weighted by molar-refractivity contribution is 5.82. The minimum atomic E-state index is -1.04. The number of carboxylic acids is 1. The number of carbonyl (C=O) groups is 2. The zero-order valence-corrected chi connectivity index (χ0v) is 8.41. The molecule has 0 aliphatic rings. The third kappa shape index (κ3) is 4.66. The Bertz CT molecular complexity index is 206. The molecule has 82 valence electrons. The van der Waals surface area contributed by atoms with Gasteiger partial charge in [-0.05, 0) is 5.92 Å². The number of hydrogen-bond acceptors (Lipinski definition) is 3. The topological polar surface area (TPSA) is 104 Å². The normalized spacial score (nSPS) is 12.3. The van der Waals surface area contributed by atoms with Gasteiger partial charge in [-0.1, -0.05) is 13.8 Å². The second-order valence-electron chi connectivity index (χ2n) is 3.25. The van der Waals surface area contributed by atoms with Crippen molar-refractivity contribution >= 4 is 12.0 Å². The smallest absolute Gasteiger partial charge is 0.326 e. The van der Waals surface area contributed by atoms with Gasteiger partial charge in [0.05, 0.1) is 0 Å². The van der Waals surface area contributed by atoms with Crippen LogP contribution in [0.4, 0.5) is 4.79 Å². The van der Waals surface area contributed by atoms with Crippen molar-refractivity contribution in [2.75, 3.05) is 13.1 Å². The van der Waals surface area contributed by atoms with E-state index in [2.05, 4.69) is 10.6 Å². The summed E-state index contributed by atoms with van der Waals surface area (Å²) in [5.74, 6) is -1.20. The van der Waals surface area contributed by atoms with Crippen molar-refractivity contribution < 1.29 is 14.7 Å². The summed E-state index contributed by atoms with van der Waals surface area (Å²) in [6.07, 6.45) is 0. The van der Waals surface area contributed by atoms with Crippen molar-refractivity contribution in [1.29, 1.82) is 0 Å². The number of urea groups is 1. The minimum Gasteiger partial charge on any atom is -0.480 e. The Morgan fingerprint density at radius 2 is 2.00 bits per heavy atom. The molecule has 0 spiro atoms. The molecule has 0 rings (SSSR count). The number of nitrogens with one attached hydrogen (secondary N) is 2. The number of carbonyl (C=O) groups excluding carboxylic acids is 1. The van der Waals surface area contributed by atoms with Gasteiger partial charge in [0.2, 0.25) is 0 Å². The quantitative estimate of drug-likeness (QED) is 0.476. The van der Waals surface area contributed by atoms with Crippen molar-refractivity contribution in [1.82, 2.24) is 10.6 Å². The lowest BCUT2D eigenvalue weighted by Gasteiger charge is -2.17. The molecule has 0 heterocycles. The van der Waals surface area contributed by atoms with E-state index in [0.29, 0.717) is 13.1 Å². The molecule has 14 heavy (non-hydrogen) atoms. The molecule has 0 aliphatic heterocycles. The maximum absolute atomic E-state index is 11.1. The van der Waals surface area contributed by atoms with Gasteiger partial charge in [0.25, 0.3) is 0 Å². The van der Waals surface area contributed by atoms with Crippen LogP contribution in [-0.2, 0) is 4.79 Å². The fourth-order valence-corrected chi connectivity index (χ4v) is 0.892. The van der Waals surface area contributed by atoms with E-state index in [-0.39, 0.29) is 5.92 Å². The lowest BCUT2D eigenvalue weighted by Crippen LogP contribution is -2.49. The summed E-state index contributed by atoms with van der Waals surface area (Å²) in [5.41, 5.74) is 5.17. The lowest BCUT2D eigenvalue weighted by molar-refractivity contribution is -0.140. The molecule has 0 unspecified atom stereocenters. The summed E-state index contributed by atoms with van der Waals surface area (Å²) in [6, 6.07) is -1.37. The molecule has 6 heteroatoms. The summed E-state index contributed by atoms with van der Waals surface area (Å²) in [5, 5.41) is 13.5. The number of carboxylic acid groups (broad SMARTS) is 1. The van der Waals surface area contributed by atoms with Crippen LogP contribution in [0.1, 0.15) is 13.8 Å². The Morgan fingerprint density at radius 1 is 1.43 bits per heavy atom. The molecule has 0 bridgehead atoms. The van der Waals surface area contributed by atoms with Crippen LogP contribution in [0.5, 0.6) is 0 Å². The Balaban J connectivity index is 4.04. The summed E-state index contributed by atoms with van der Waals surface area (Å²) in [7, 11) is 0. The van der Waals surface area contributed by atoms with Gasteiger partial charge in [-0.3, -0.25) is 0 Å². The minimum absolute atomic E-state index is 0.156. The number of nitrogens with two attached hydrogens (primary N) is 1. The van der Waals surface area contributed by atoms with E-state index in [4.69, 9.17) is 10.8 Å². The number of amides is 2. The van der Waals surface area contributed by atoms with E-state index < -0.39 is 18.0 Å². The van der Waals surface area contributed by atoms with Gasteiger partial charge in [0.1, 0.15) is 6.04 Å². The van der Waals surface area contributed by atoms with Gasteiger partial charge < -0.3 is 21.5 Å². The molecule has 0 fully saturated rings. The fraction of sp³-hybridized carbons (Fsp3) is 0.750. The zero-order valence-electron chi connectivity index (χ0n) is 8.41.